The summed E-state index contributed by atoms with van der Waals surface area (Å²) in [6.45, 7) is 11.2. The Kier molecular flexibility index (Phi) is 13.6. The van der Waals surface area contributed by atoms with Crippen molar-refractivity contribution in [2.24, 2.45) is 0 Å². The largest absolute Gasteiger partial charge is 0.352 e. The molecule has 0 aromatic rings. The summed E-state index contributed by atoms with van der Waals surface area (Å²) < 4.78 is 0. The van der Waals surface area contributed by atoms with Crippen LogP contribution < -0.4 is 5.32 Å². The summed E-state index contributed by atoms with van der Waals surface area (Å²) in [5.41, 5.74) is 0. The number of hydrogen-bond acceptors (Lipinski definition) is 3. The summed E-state index contributed by atoms with van der Waals surface area (Å²) in [6, 6.07) is 0. The molecule has 0 aliphatic carbocycles. The first-order chi connectivity index (χ1) is 8.11. The Bertz CT molecular complexity index is 227. The van der Waals surface area contributed by atoms with Gasteiger partial charge < -0.3 is 10.3 Å². The number of nitrogens with zero attached hydrogens (tertiary/aromatic N) is 2. The Morgan fingerprint density at radius 1 is 1.35 bits per heavy atom. The Balaban J connectivity index is 0. The van der Waals surface area contributed by atoms with E-state index in [0.717, 1.165) is 13.0 Å². The highest BCUT2D eigenvalue weighted by Crippen LogP contribution is 1.90. The maximum absolute atomic E-state index is 11.3. The van der Waals surface area contributed by atoms with Gasteiger partial charge in [-0.15, -0.1) is 6.58 Å². The molecule has 0 saturated heterocycles. The Labute approximate surface area is 106 Å². The van der Waals surface area contributed by atoms with Gasteiger partial charge in [0.05, 0.1) is 0 Å². The second kappa shape index (κ2) is 12.8. The molecule has 1 amide bonds. The molecular weight excluding hydrogens is 214 g/mol. The number of nitrogens with one attached hydrogen (secondary N) is 1. The summed E-state index contributed by atoms with van der Waals surface area (Å²) in [5, 5.41) is 6.62. The number of carbonyl (C=O) groups excluding carboxylic acids is 1. The highest BCUT2D eigenvalue weighted by atomic mass is 16.1. The second-order valence-electron chi connectivity index (χ2n) is 3.23. The van der Waals surface area contributed by atoms with Crippen LogP contribution in [-0.2, 0) is 4.79 Å². The van der Waals surface area contributed by atoms with Gasteiger partial charge in [0.2, 0.25) is 5.91 Å². The molecule has 0 heterocycles. The van der Waals surface area contributed by atoms with Crippen LogP contribution >= 0.6 is 0 Å². The van der Waals surface area contributed by atoms with Gasteiger partial charge in [0.1, 0.15) is 0 Å². The fourth-order valence-electron chi connectivity index (χ4n) is 0.869. The molecule has 0 radical (unpaired) electrons. The third kappa shape index (κ3) is 11.0. The third-order valence-electron chi connectivity index (χ3n) is 2.09. The SMILES string of the molecule is C=CCCNC(=O)/C=C/N(C)N(C)CC.CC. The van der Waals surface area contributed by atoms with Crippen molar-refractivity contribution in [2.45, 2.75) is 27.2 Å². The number of carbonyl (C=O) groups is 1. The van der Waals surface area contributed by atoms with Crippen molar-refractivity contribution in [2.75, 3.05) is 27.2 Å². The summed E-state index contributed by atoms with van der Waals surface area (Å²) in [4.78, 5) is 11.3. The van der Waals surface area contributed by atoms with Crippen molar-refractivity contribution >= 4 is 5.91 Å². The van der Waals surface area contributed by atoms with Gasteiger partial charge in [-0.25, -0.2) is 5.01 Å². The van der Waals surface area contributed by atoms with E-state index < -0.39 is 0 Å². The first-order valence-electron chi connectivity index (χ1n) is 6.12. The summed E-state index contributed by atoms with van der Waals surface area (Å²) >= 11 is 0. The van der Waals surface area contributed by atoms with Crippen LogP contribution in [-0.4, -0.2) is 43.1 Å². The molecule has 1 N–H and O–H groups in total. The lowest BCUT2D eigenvalue weighted by Crippen LogP contribution is -2.32. The van der Waals surface area contributed by atoms with Gasteiger partial charge in [-0.1, -0.05) is 26.8 Å². The van der Waals surface area contributed by atoms with Gasteiger partial charge in [0.25, 0.3) is 0 Å². The van der Waals surface area contributed by atoms with E-state index in [0.29, 0.717) is 6.54 Å². The van der Waals surface area contributed by atoms with E-state index in [2.05, 4.69) is 18.8 Å². The molecule has 4 nitrogen and oxygen atoms in total. The van der Waals surface area contributed by atoms with Crippen LogP contribution in [0.25, 0.3) is 0 Å². The lowest BCUT2D eigenvalue weighted by atomic mass is 10.4. The molecule has 0 bridgehead atoms. The molecule has 0 fully saturated rings. The minimum atomic E-state index is -0.0757. The normalized spacial score (nSPS) is 9.76. The zero-order valence-corrected chi connectivity index (χ0v) is 11.9. The molecule has 17 heavy (non-hydrogen) atoms. The van der Waals surface area contributed by atoms with Crippen molar-refractivity contribution in [1.82, 2.24) is 15.3 Å². The zero-order chi connectivity index (χ0) is 13.7. The topological polar surface area (TPSA) is 35.6 Å². The van der Waals surface area contributed by atoms with Gasteiger partial charge in [-0.3, -0.25) is 4.79 Å². The Hall–Kier alpha value is -1.29. The van der Waals surface area contributed by atoms with Crippen LogP contribution in [0, 0.1) is 0 Å². The molecule has 0 saturated carbocycles. The lowest BCUT2D eigenvalue weighted by Gasteiger charge is -2.25. The minimum Gasteiger partial charge on any atom is -0.352 e. The molecule has 0 spiro atoms. The lowest BCUT2D eigenvalue weighted by molar-refractivity contribution is -0.116. The van der Waals surface area contributed by atoms with Crippen molar-refractivity contribution in [1.29, 1.82) is 0 Å². The van der Waals surface area contributed by atoms with Gasteiger partial charge in [0, 0.05) is 39.5 Å². The number of amides is 1. The van der Waals surface area contributed by atoms with Crippen LogP contribution in [0.3, 0.4) is 0 Å². The first kappa shape index (κ1) is 18.1. The smallest absolute Gasteiger partial charge is 0.245 e. The molecule has 0 aromatic carbocycles. The maximum atomic E-state index is 11.3. The van der Waals surface area contributed by atoms with Crippen LogP contribution in [0.2, 0.25) is 0 Å². The Morgan fingerprint density at radius 3 is 2.41 bits per heavy atom. The van der Waals surface area contributed by atoms with Gasteiger partial charge in [-0.2, -0.15) is 0 Å². The monoisotopic (exact) mass is 241 g/mol. The van der Waals surface area contributed by atoms with Gasteiger partial charge in [-0.05, 0) is 6.42 Å². The van der Waals surface area contributed by atoms with Crippen molar-refractivity contribution in [3.05, 3.63) is 24.9 Å². The average molecular weight is 241 g/mol. The van der Waals surface area contributed by atoms with Gasteiger partial charge >= 0.3 is 0 Å². The number of hydrazine groups is 1. The van der Waals surface area contributed by atoms with Gasteiger partial charge in [0.15, 0.2) is 0 Å². The zero-order valence-electron chi connectivity index (χ0n) is 11.9. The van der Waals surface area contributed by atoms with E-state index >= 15 is 0 Å². The van der Waals surface area contributed by atoms with Crippen molar-refractivity contribution in [3.63, 3.8) is 0 Å². The van der Waals surface area contributed by atoms with Crippen LogP contribution in [0.5, 0.6) is 0 Å². The predicted molar refractivity (Wildman–Crippen MR) is 74.4 cm³/mol. The molecule has 0 aliphatic rings. The maximum Gasteiger partial charge on any atom is 0.245 e. The van der Waals surface area contributed by atoms with E-state index in [4.69, 9.17) is 0 Å². The number of hydrogen-bond donors (Lipinski definition) is 1. The fraction of sp³-hybridized carbons (Fsp3) is 0.615. The van der Waals surface area contributed by atoms with Crippen molar-refractivity contribution in [3.8, 4) is 0 Å². The minimum absolute atomic E-state index is 0.0757. The molecule has 100 valence electrons. The van der Waals surface area contributed by atoms with Crippen LogP contribution in [0.1, 0.15) is 27.2 Å². The highest BCUT2D eigenvalue weighted by molar-refractivity contribution is 5.87. The third-order valence-corrected chi connectivity index (χ3v) is 2.09. The Morgan fingerprint density at radius 2 is 1.94 bits per heavy atom. The first-order valence-corrected chi connectivity index (χ1v) is 6.12. The predicted octanol–water partition coefficient (Wildman–Crippen LogP) is 2.02. The van der Waals surface area contributed by atoms with Crippen molar-refractivity contribution < 1.29 is 4.79 Å². The standard InChI is InChI=1S/C11H21N3O.C2H6/c1-5-7-9-12-11(15)8-10-14(4)13(3)6-2;1-2/h5,8,10H,1,6-7,9H2,2-4H3,(H,12,15);1-2H3/b10-8+;. The summed E-state index contributed by atoms with van der Waals surface area (Å²) in [7, 11) is 3.86. The second-order valence-corrected chi connectivity index (χ2v) is 3.23. The highest BCUT2D eigenvalue weighted by Gasteiger charge is 1.98. The molecular formula is C13H27N3O. The molecule has 0 aliphatic heterocycles. The molecule has 0 atom stereocenters. The molecule has 0 unspecified atom stereocenters. The van der Waals surface area contributed by atoms with E-state index in [1.807, 2.05) is 38.0 Å². The van der Waals surface area contributed by atoms with E-state index in [-0.39, 0.29) is 5.91 Å². The van der Waals surface area contributed by atoms with E-state index in [1.54, 1.807) is 12.3 Å². The summed E-state index contributed by atoms with van der Waals surface area (Å²) in [6.07, 6.45) is 5.84. The van der Waals surface area contributed by atoms with Crippen LogP contribution in [0.15, 0.2) is 24.9 Å². The van der Waals surface area contributed by atoms with E-state index in [9.17, 15) is 4.79 Å². The number of rotatable bonds is 7. The molecule has 0 aromatic heterocycles. The fourth-order valence-corrected chi connectivity index (χ4v) is 0.869. The molecule has 4 heteroatoms. The van der Waals surface area contributed by atoms with E-state index in [1.165, 1.54) is 6.08 Å². The average Bonchev–Trinajstić information content (AvgIpc) is 2.37. The quantitative estimate of drug-likeness (QED) is 0.320. The van der Waals surface area contributed by atoms with Crippen LogP contribution in [0.4, 0.5) is 0 Å². The summed E-state index contributed by atoms with van der Waals surface area (Å²) in [5.74, 6) is -0.0757. The molecule has 0 rings (SSSR count).